The zero-order valence-electron chi connectivity index (χ0n) is 16.8. The number of hydrogen-bond donors (Lipinski definition) is 1. The van der Waals surface area contributed by atoms with Crippen LogP contribution in [0.25, 0.3) is 0 Å². The van der Waals surface area contributed by atoms with Gasteiger partial charge in [-0.15, -0.1) is 11.3 Å². The maximum Gasteiger partial charge on any atom is 0.246 e. The number of likely N-dealkylation sites (tertiary alicyclic amines) is 1. The molecule has 1 N–H and O–H groups in total. The average molecular weight is 401 g/mol. The Hall–Kier alpha value is -2.32. The first-order chi connectivity index (χ1) is 13.5. The van der Waals surface area contributed by atoms with E-state index < -0.39 is 0 Å². The van der Waals surface area contributed by atoms with Crippen molar-refractivity contribution >= 4 is 28.2 Å². The van der Waals surface area contributed by atoms with Gasteiger partial charge in [0.1, 0.15) is 12.1 Å². The molecule has 2 aromatic rings. The number of hydrogen-bond acceptors (Lipinski definition) is 7. The number of carbonyl (C=O) groups is 1. The SMILES string of the molecule is Cc1cnc(Nc2cc(C[C@@H]3CCCN(C(=O)/C=C/CN(C)C)C3)ncn2)s1. The van der Waals surface area contributed by atoms with Crippen LogP contribution in [0.4, 0.5) is 10.9 Å². The van der Waals surface area contributed by atoms with Gasteiger partial charge in [0.25, 0.3) is 0 Å². The number of nitrogens with zero attached hydrogens (tertiary/aromatic N) is 5. The Morgan fingerprint density at radius 3 is 3.00 bits per heavy atom. The van der Waals surface area contributed by atoms with Crippen molar-refractivity contribution in [3.63, 3.8) is 0 Å². The predicted molar refractivity (Wildman–Crippen MR) is 113 cm³/mol. The molecule has 0 radical (unpaired) electrons. The third kappa shape index (κ3) is 6.10. The number of anilines is 2. The fourth-order valence-corrected chi connectivity index (χ4v) is 3.97. The number of nitrogens with one attached hydrogen (secondary N) is 1. The topological polar surface area (TPSA) is 74.2 Å². The van der Waals surface area contributed by atoms with Gasteiger partial charge in [0.2, 0.25) is 5.91 Å². The first-order valence-corrected chi connectivity index (χ1v) is 10.4. The largest absolute Gasteiger partial charge is 0.339 e. The van der Waals surface area contributed by atoms with Crippen molar-refractivity contribution in [2.75, 3.05) is 39.0 Å². The number of piperidine rings is 1. The van der Waals surface area contributed by atoms with Crippen LogP contribution >= 0.6 is 11.3 Å². The standard InChI is InChI=1S/C20H28N6OS/c1-15-12-21-20(28-15)24-18-11-17(22-14-23-18)10-16-6-4-9-26(13-16)19(27)7-5-8-25(2)3/h5,7,11-12,14,16H,4,6,8-10,13H2,1-3H3,(H,21,22,23,24)/b7-5+/t16-/m0/s1. The highest BCUT2D eigenvalue weighted by atomic mass is 32.1. The number of amides is 1. The first-order valence-electron chi connectivity index (χ1n) is 9.60. The molecular formula is C20H28N6OS. The smallest absolute Gasteiger partial charge is 0.246 e. The Morgan fingerprint density at radius 1 is 1.39 bits per heavy atom. The highest BCUT2D eigenvalue weighted by Crippen LogP contribution is 2.23. The number of aromatic nitrogens is 3. The second kappa shape index (κ2) is 9.75. The van der Waals surface area contributed by atoms with Crippen LogP contribution in [0.3, 0.4) is 0 Å². The predicted octanol–water partition coefficient (Wildman–Crippen LogP) is 2.88. The van der Waals surface area contributed by atoms with Crippen molar-refractivity contribution in [3.8, 4) is 0 Å². The van der Waals surface area contributed by atoms with Gasteiger partial charge >= 0.3 is 0 Å². The van der Waals surface area contributed by atoms with Gasteiger partial charge in [-0.1, -0.05) is 6.08 Å². The molecule has 3 heterocycles. The summed E-state index contributed by atoms with van der Waals surface area (Å²) in [6.45, 7) is 4.42. The minimum atomic E-state index is 0.107. The third-order valence-corrected chi connectivity index (χ3v) is 5.47. The van der Waals surface area contributed by atoms with Gasteiger partial charge in [0.05, 0.1) is 0 Å². The van der Waals surface area contributed by atoms with E-state index in [1.54, 1.807) is 23.7 Å². The number of likely N-dealkylation sites (N-methyl/N-ethyl adjacent to an activating group) is 1. The molecule has 0 saturated carbocycles. The molecule has 1 amide bonds. The van der Waals surface area contributed by atoms with Crippen molar-refractivity contribution in [1.29, 1.82) is 0 Å². The van der Waals surface area contributed by atoms with Gasteiger partial charge in [-0.05, 0) is 46.2 Å². The lowest BCUT2D eigenvalue weighted by molar-refractivity contribution is -0.127. The minimum absolute atomic E-state index is 0.107. The second-order valence-electron chi connectivity index (χ2n) is 7.46. The van der Waals surface area contributed by atoms with Crippen molar-refractivity contribution in [3.05, 3.63) is 41.3 Å². The van der Waals surface area contributed by atoms with E-state index in [9.17, 15) is 4.79 Å². The van der Waals surface area contributed by atoms with Gasteiger partial charge in [-0.25, -0.2) is 15.0 Å². The molecule has 0 bridgehead atoms. The number of carbonyl (C=O) groups excluding carboxylic acids is 1. The maximum absolute atomic E-state index is 12.4. The van der Waals surface area contributed by atoms with E-state index >= 15 is 0 Å². The van der Waals surface area contributed by atoms with Gasteiger partial charge in [-0.3, -0.25) is 4.79 Å². The molecule has 0 aliphatic carbocycles. The van der Waals surface area contributed by atoms with Crippen LogP contribution in [0.1, 0.15) is 23.4 Å². The number of thiazole rings is 1. The van der Waals surface area contributed by atoms with Crippen molar-refractivity contribution in [1.82, 2.24) is 24.8 Å². The lowest BCUT2D eigenvalue weighted by atomic mass is 9.93. The Bertz CT molecular complexity index is 819. The molecule has 8 heteroatoms. The molecule has 3 rings (SSSR count). The van der Waals surface area contributed by atoms with Crippen molar-refractivity contribution < 1.29 is 4.79 Å². The highest BCUT2D eigenvalue weighted by Gasteiger charge is 2.23. The molecule has 0 unspecified atom stereocenters. The van der Waals surface area contributed by atoms with Crippen LogP contribution in [-0.2, 0) is 11.2 Å². The molecule has 7 nitrogen and oxygen atoms in total. The van der Waals surface area contributed by atoms with Crippen molar-refractivity contribution in [2.24, 2.45) is 5.92 Å². The summed E-state index contributed by atoms with van der Waals surface area (Å²) in [5, 5.41) is 4.07. The molecular weight excluding hydrogens is 372 g/mol. The van der Waals surface area contributed by atoms with E-state index in [-0.39, 0.29) is 5.91 Å². The normalized spacial score (nSPS) is 17.4. The molecule has 150 valence electrons. The third-order valence-electron chi connectivity index (χ3n) is 4.64. The fraction of sp³-hybridized carbons (Fsp3) is 0.500. The highest BCUT2D eigenvalue weighted by molar-refractivity contribution is 7.15. The van der Waals surface area contributed by atoms with E-state index in [0.717, 1.165) is 60.4 Å². The lowest BCUT2D eigenvalue weighted by Crippen LogP contribution is -2.39. The van der Waals surface area contributed by atoms with Crippen molar-refractivity contribution in [2.45, 2.75) is 26.2 Å². The Balaban J connectivity index is 1.56. The van der Waals surface area contributed by atoms with E-state index in [1.807, 2.05) is 49.2 Å². The summed E-state index contributed by atoms with van der Waals surface area (Å²) < 4.78 is 0. The van der Waals surface area contributed by atoms with Crippen LogP contribution in [0.2, 0.25) is 0 Å². The van der Waals surface area contributed by atoms with Crippen LogP contribution < -0.4 is 5.32 Å². The molecule has 1 fully saturated rings. The summed E-state index contributed by atoms with van der Waals surface area (Å²) >= 11 is 1.60. The lowest BCUT2D eigenvalue weighted by Gasteiger charge is -2.32. The molecule has 0 aromatic carbocycles. The van der Waals surface area contributed by atoms with Crippen LogP contribution in [0.5, 0.6) is 0 Å². The number of aryl methyl sites for hydroxylation is 1. The minimum Gasteiger partial charge on any atom is -0.339 e. The summed E-state index contributed by atoms with van der Waals surface area (Å²) in [5.74, 6) is 1.29. The van der Waals surface area contributed by atoms with Crippen LogP contribution in [0, 0.1) is 12.8 Å². The molecule has 1 atom stereocenters. The van der Waals surface area contributed by atoms with Gasteiger partial charge in [-0.2, -0.15) is 0 Å². The van der Waals surface area contributed by atoms with E-state index in [2.05, 4.69) is 20.3 Å². The zero-order valence-corrected chi connectivity index (χ0v) is 17.6. The molecule has 2 aromatic heterocycles. The van der Waals surface area contributed by atoms with E-state index in [0.29, 0.717) is 5.92 Å². The van der Waals surface area contributed by atoms with Crippen LogP contribution in [0.15, 0.2) is 30.7 Å². The maximum atomic E-state index is 12.4. The molecule has 0 spiro atoms. The molecule has 1 aliphatic heterocycles. The first kappa shape index (κ1) is 20.4. The quantitative estimate of drug-likeness (QED) is 0.721. The Morgan fingerprint density at radius 2 is 2.25 bits per heavy atom. The summed E-state index contributed by atoms with van der Waals surface area (Å²) in [4.78, 5) is 30.6. The van der Waals surface area contributed by atoms with Gasteiger partial charge in [0, 0.05) is 48.5 Å². The molecule has 1 saturated heterocycles. The van der Waals surface area contributed by atoms with Gasteiger partial charge in [0.15, 0.2) is 5.13 Å². The average Bonchev–Trinajstić information content (AvgIpc) is 3.06. The van der Waals surface area contributed by atoms with Gasteiger partial charge < -0.3 is 15.1 Å². The summed E-state index contributed by atoms with van der Waals surface area (Å²) in [7, 11) is 3.98. The summed E-state index contributed by atoms with van der Waals surface area (Å²) in [6.07, 6.45) is 10.1. The van der Waals surface area contributed by atoms with E-state index in [4.69, 9.17) is 0 Å². The molecule has 28 heavy (non-hydrogen) atoms. The summed E-state index contributed by atoms with van der Waals surface area (Å²) in [5.41, 5.74) is 0.994. The summed E-state index contributed by atoms with van der Waals surface area (Å²) in [6, 6.07) is 1.98. The van der Waals surface area contributed by atoms with E-state index in [1.165, 1.54) is 0 Å². The number of rotatable bonds is 7. The van der Waals surface area contributed by atoms with Crippen LogP contribution in [-0.4, -0.2) is 64.4 Å². The second-order valence-corrected chi connectivity index (χ2v) is 8.69. The molecule has 1 aliphatic rings. The zero-order chi connectivity index (χ0) is 19.9. The fourth-order valence-electron chi connectivity index (χ4n) is 3.30. The monoisotopic (exact) mass is 400 g/mol. The Labute approximate surface area is 170 Å². The Kier molecular flexibility index (Phi) is 7.11.